The molecule has 2 heterocycles. The van der Waals surface area contributed by atoms with E-state index in [9.17, 15) is 4.79 Å². The number of aryl methyl sites for hydroxylation is 1. The quantitative estimate of drug-likeness (QED) is 0.620. The van der Waals surface area contributed by atoms with Crippen molar-refractivity contribution in [3.8, 4) is 0 Å². The number of carbonyl (C=O) groups excluding carboxylic acids is 1. The number of likely N-dealkylation sites (N-methyl/N-ethyl adjacent to an activating group) is 1. The molecule has 0 aromatic carbocycles. The summed E-state index contributed by atoms with van der Waals surface area (Å²) >= 11 is 5.48. The van der Waals surface area contributed by atoms with E-state index in [1.807, 2.05) is 26.1 Å². The van der Waals surface area contributed by atoms with Gasteiger partial charge in [-0.25, -0.2) is 0 Å². The third kappa shape index (κ3) is 2.62. The van der Waals surface area contributed by atoms with Gasteiger partial charge in [0.25, 0.3) is 5.91 Å². The molecule has 3 rings (SSSR count). The minimum atomic E-state index is 0.00320. The number of rotatable bonds is 2. The molecule has 1 amide bonds. The van der Waals surface area contributed by atoms with Crippen LogP contribution in [0.5, 0.6) is 0 Å². The summed E-state index contributed by atoms with van der Waals surface area (Å²) in [6.07, 6.45) is 7.49. The van der Waals surface area contributed by atoms with Gasteiger partial charge in [-0.15, -0.1) is 0 Å². The van der Waals surface area contributed by atoms with E-state index in [1.54, 1.807) is 15.9 Å². The zero-order valence-corrected chi connectivity index (χ0v) is 13.3. The summed E-state index contributed by atoms with van der Waals surface area (Å²) in [6, 6.07) is 4.02. The lowest BCUT2D eigenvalue weighted by Crippen LogP contribution is -2.41. The highest BCUT2D eigenvalue weighted by molar-refractivity contribution is 7.80. The summed E-state index contributed by atoms with van der Waals surface area (Å²) in [4.78, 5) is 16.3. The number of carbonyl (C=O) groups is 1. The van der Waals surface area contributed by atoms with Gasteiger partial charge in [-0.2, -0.15) is 0 Å². The van der Waals surface area contributed by atoms with Gasteiger partial charge >= 0.3 is 0 Å². The van der Waals surface area contributed by atoms with E-state index in [0.717, 1.165) is 18.6 Å². The predicted molar refractivity (Wildman–Crippen MR) is 85.5 cm³/mol. The van der Waals surface area contributed by atoms with Crippen molar-refractivity contribution < 1.29 is 9.21 Å². The molecule has 0 atom stereocenters. The Kier molecular flexibility index (Phi) is 3.85. The summed E-state index contributed by atoms with van der Waals surface area (Å²) in [6.45, 7) is 1.89. The summed E-state index contributed by atoms with van der Waals surface area (Å²) in [7, 11) is 1.85. The first-order chi connectivity index (χ1) is 10.1. The van der Waals surface area contributed by atoms with E-state index in [2.05, 4.69) is 0 Å². The lowest BCUT2D eigenvalue weighted by Gasteiger charge is -2.30. The highest BCUT2D eigenvalue weighted by Crippen LogP contribution is 2.30. The number of nitrogens with zero attached hydrogens (tertiary/aromatic N) is 2. The first-order valence-corrected chi connectivity index (χ1v) is 7.88. The molecule has 4 nitrogen and oxygen atoms in total. The summed E-state index contributed by atoms with van der Waals surface area (Å²) in [5, 5.41) is 0.612. The molecule has 1 aromatic rings. The van der Waals surface area contributed by atoms with Gasteiger partial charge in [0.15, 0.2) is 5.11 Å². The van der Waals surface area contributed by atoms with Crippen LogP contribution in [0.2, 0.25) is 0 Å². The SMILES string of the molecule is Cc1ccc(/C=C2\C(=O)N(C3CCCCC3)C(=S)N2C)o1. The molecule has 0 unspecified atom stereocenters. The van der Waals surface area contributed by atoms with Crippen LogP contribution in [-0.2, 0) is 4.79 Å². The molecule has 2 fully saturated rings. The third-order valence-electron chi connectivity index (χ3n) is 4.27. The Morgan fingerprint density at radius 1 is 1.29 bits per heavy atom. The van der Waals surface area contributed by atoms with E-state index in [-0.39, 0.29) is 11.9 Å². The Morgan fingerprint density at radius 2 is 2.00 bits per heavy atom. The fraction of sp³-hybridized carbons (Fsp3) is 0.500. The fourth-order valence-corrected chi connectivity index (χ4v) is 3.43. The van der Waals surface area contributed by atoms with Gasteiger partial charge in [0.1, 0.15) is 17.2 Å². The van der Waals surface area contributed by atoms with Crippen molar-refractivity contribution in [3.05, 3.63) is 29.4 Å². The van der Waals surface area contributed by atoms with Crippen LogP contribution in [-0.4, -0.2) is 33.9 Å². The second-order valence-electron chi connectivity index (χ2n) is 5.79. The zero-order valence-electron chi connectivity index (χ0n) is 12.5. The van der Waals surface area contributed by atoms with Crippen molar-refractivity contribution in [2.75, 3.05) is 7.05 Å². The van der Waals surface area contributed by atoms with Crippen molar-refractivity contribution in [2.24, 2.45) is 0 Å². The normalized spacial score (nSPS) is 22.7. The number of amides is 1. The van der Waals surface area contributed by atoms with Crippen molar-refractivity contribution in [1.82, 2.24) is 9.80 Å². The van der Waals surface area contributed by atoms with Crippen LogP contribution < -0.4 is 0 Å². The number of hydrogen-bond acceptors (Lipinski definition) is 3. The first-order valence-electron chi connectivity index (χ1n) is 7.47. The Morgan fingerprint density at radius 3 is 2.62 bits per heavy atom. The molecule has 1 aromatic heterocycles. The Bertz CT molecular complexity index is 599. The molecule has 0 radical (unpaired) electrons. The van der Waals surface area contributed by atoms with Gasteiger partial charge in [-0.3, -0.25) is 9.69 Å². The van der Waals surface area contributed by atoms with Gasteiger partial charge in [-0.05, 0) is 44.1 Å². The second kappa shape index (κ2) is 5.64. The van der Waals surface area contributed by atoms with Crippen LogP contribution in [0, 0.1) is 6.92 Å². The molecule has 1 aliphatic heterocycles. The molecule has 0 N–H and O–H groups in total. The average molecular weight is 304 g/mol. The van der Waals surface area contributed by atoms with Crippen LogP contribution >= 0.6 is 12.2 Å². The topological polar surface area (TPSA) is 36.7 Å². The largest absolute Gasteiger partial charge is 0.462 e. The van der Waals surface area contributed by atoms with Crippen molar-refractivity contribution in [3.63, 3.8) is 0 Å². The molecule has 112 valence electrons. The van der Waals surface area contributed by atoms with E-state index in [0.29, 0.717) is 16.6 Å². The van der Waals surface area contributed by atoms with Crippen LogP contribution in [0.4, 0.5) is 0 Å². The van der Waals surface area contributed by atoms with E-state index in [1.165, 1.54) is 19.3 Å². The molecule has 1 saturated heterocycles. The van der Waals surface area contributed by atoms with E-state index >= 15 is 0 Å². The zero-order chi connectivity index (χ0) is 15.0. The monoisotopic (exact) mass is 304 g/mol. The maximum atomic E-state index is 12.7. The molecule has 5 heteroatoms. The number of furan rings is 1. The maximum absolute atomic E-state index is 12.7. The van der Waals surface area contributed by atoms with Crippen LogP contribution in [0.25, 0.3) is 6.08 Å². The van der Waals surface area contributed by atoms with Gasteiger partial charge in [0.2, 0.25) is 0 Å². The minimum Gasteiger partial charge on any atom is -0.462 e. The Labute approximate surface area is 130 Å². The molecule has 2 aliphatic rings. The lowest BCUT2D eigenvalue weighted by molar-refractivity contribution is -0.124. The van der Waals surface area contributed by atoms with E-state index in [4.69, 9.17) is 16.6 Å². The summed E-state index contributed by atoms with van der Waals surface area (Å²) in [5.74, 6) is 1.53. The van der Waals surface area contributed by atoms with Gasteiger partial charge in [-0.1, -0.05) is 19.3 Å². The second-order valence-corrected chi connectivity index (χ2v) is 6.15. The Balaban J connectivity index is 1.88. The Hall–Kier alpha value is -1.62. The maximum Gasteiger partial charge on any atom is 0.277 e. The molecular formula is C16H20N2O2S. The number of hydrogen-bond donors (Lipinski definition) is 0. The van der Waals surface area contributed by atoms with Crippen LogP contribution in [0.3, 0.4) is 0 Å². The lowest BCUT2D eigenvalue weighted by atomic mass is 9.94. The number of thiocarbonyl (C=S) groups is 1. The molecule has 1 saturated carbocycles. The molecule has 1 aliphatic carbocycles. The molecule has 0 bridgehead atoms. The van der Waals surface area contributed by atoms with Crippen molar-refractivity contribution in [2.45, 2.75) is 45.1 Å². The highest BCUT2D eigenvalue weighted by atomic mass is 32.1. The fourth-order valence-electron chi connectivity index (χ4n) is 3.10. The average Bonchev–Trinajstić information content (AvgIpc) is 2.98. The minimum absolute atomic E-state index is 0.00320. The van der Waals surface area contributed by atoms with Crippen LogP contribution in [0.15, 0.2) is 22.2 Å². The smallest absolute Gasteiger partial charge is 0.277 e. The molecule has 0 spiro atoms. The summed E-state index contributed by atoms with van der Waals surface area (Å²) in [5.41, 5.74) is 0.597. The van der Waals surface area contributed by atoms with Crippen molar-refractivity contribution >= 4 is 29.3 Å². The van der Waals surface area contributed by atoms with E-state index < -0.39 is 0 Å². The summed E-state index contributed by atoms with van der Waals surface area (Å²) < 4.78 is 5.54. The van der Waals surface area contributed by atoms with Crippen molar-refractivity contribution in [1.29, 1.82) is 0 Å². The van der Waals surface area contributed by atoms with Gasteiger partial charge in [0, 0.05) is 19.2 Å². The highest BCUT2D eigenvalue weighted by Gasteiger charge is 2.40. The third-order valence-corrected chi connectivity index (χ3v) is 4.74. The molecular weight excluding hydrogens is 284 g/mol. The first kappa shape index (κ1) is 14.3. The van der Waals surface area contributed by atoms with Gasteiger partial charge in [0.05, 0.1) is 0 Å². The van der Waals surface area contributed by atoms with Crippen LogP contribution in [0.1, 0.15) is 43.6 Å². The predicted octanol–water partition coefficient (Wildman–Crippen LogP) is 3.32. The standard InChI is InChI=1S/C16H20N2O2S/c1-11-8-9-13(20-11)10-14-15(19)18(16(21)17(14)2)12-6-4-3-5-7-12/h8-10,12H,3-7H2,1-2H3/b14-10+. The molecule has 21 heavy (non-hydrogen) atoms. The van der Waals surface area contributed by atoms with Gasteiger partial charge < -0.3 is 9.32 Å².